The number of rotatable bonds is 7. The number of hydrogen-bond donors (Lipinski definition) is 2. The van der Waals surface area contributed by atoms with E-state index < -0.39 is 14.6 Å². The molecule has 10 heteroatoms. The van der Waals surface area contributed by atoms with Crippen LogP contribution in [0.3, 0.4) is 0 Å². The van der Waals surface area contributed by atoms with Crippen LogP contribution in [-0.4, -0.2) is 56.5 Å². The Morgan fingerprint density at radius 3 is 2.54 bits per heavy atom. The summed E-state index contributed by atoms with van der Waals surface area (Å²) < 4.78 is 27.7. The summed E-state index contributed by atoms with van der Waals surface area (Å²) in [6, 6.07) is -0.213. The van der Waals surface area contributed by atoms with E-state index in [2.05, 4.69) is 20.6 Å². The van der Waals surface area contributed by atoms with Crippen molar-refractivity contribution in [1.29, 1.82) is 0 Å². The minimum atomic E-state index is -3.21. The van der Waals surface area contributed by atoms with Gasteiger partial charge in [-0.05, 0) is 34.6 Å². The highest BCUT2D eigenvalue weighted by atomic mass is 32.2. The van der Waals surface area contributed by atoms with Gasteiger partial charge in [0.25, 0.3) is 0 Å². The van der Waals surface area contributed by atoms with Gasteiger partial charge in [-0.15, -0.1) is 11.3 Å². The van der Waals surface area contributed by atoms with Gasteiger partial charge in [0, 0.05) is 19.8 Å². The minimum absolute atomic E-state index is 0.212. The highest BCUT2D eigenvalue weighted by molar-refractivity contribution is 7.92. The van der Waals surface area contributed by atoms with Crippen LogP contribution < -0.4 is 10.6 Å². The first-order chi connectivity index (χ1) is 11.9. The molecule has 0 saturated heterocycles. The molecular weight excluding hydrogens is 376 g/mol. The molecule has 1 heterocycles. The molecule has 148 valence electrons. The number of nitrogens with zero attached hydrogens (tertiary/aromatic N) is 2. The highest BCUT2D eigenvalue weighted by Crippen LogP contribution is 2.24. The average molecular weight is 405 g/mol. The quantitative estimate of drug-likeness (QED) is 0.404. The van der Waals surface area contributed by atoms with E-state index in [1.807, 2.05) is 6.92 Å². The summed E-state index contributed by atoms with van der Waals surface area (Å²) in [4.78, 5) is 20.9. The molecule has 1 aromatic heterocycles. The molecule has 0 bridgehead atoms. The van der Waals surface area contributed by atoms with Crippen LogP contribution in [-0.2, 0) is 14.6 Å². The molecule has 0 aliphatic carbocycles. The summed E-state index contributed by atoms with van der Waals surface area (Å²) in [5.74, 6) is 0.0816. The fourth-order valence-electron chi connectivity index (χ4n) is 1.88. The number of sulfone groups is 1. The van der Waals surface area contributed by atoms with Crippen molar-refractivity contribution in [2.75, 3.05) is 26.5 Å². The number of thiazole rings is 1. The number of carbonyl (C=O) groups is 1. The summed E-state index contributed by atoms with van der Waals surface area (Å²) >= 11 is 1.27. The molecule has 0 aromatic carbocycles. The average Bonchev–Trinajstić information content (AvgIpc) is 2.92. The van der Waals surface area contributed by atoms with Gasteiger partial charge in [0.1, 0.15) is 9.88 Å². The molecule has 0 aliphatic rings. The molecule has 1 aromatic rings. The molecule has 0 spiro atoms. The lowest BCUT2D eigenvalue weighted by Gasteiger charge is -2.25. The van der Waals surface area contributed by atoms with E-state index in [0.29, 0.717) is 23.1 Å². The largest absolute Gasteiger partial charge is 0.462 e. The Bertz CT molecular complexity index is 769. The van der Waals surface area contributed by atoms with E-state index in [0.717, 1.165) is 5.01 Å². The highest BCUT2D eigenvalue weighted by Gasteiger charge is 2.30. The zero-order chi connectivity index (χ0) is 20.1. The van der Waals surface area contributed by atoms with Crippen molar-refractivity contribution < 1.29 is 17.9 Å². The number of aliphatic imine (C=N–C) groups is 1. The lowest BCUT2D eigenvalue weighted by molar-refractivity contribution is 0.0531. The molecule has 1 rings (SSSR count). The fraction of sp³-hybridized carbons (Fsp3) is 0.688. The predicted octanol–water partition coefficient (Wildman–Crippen LogP) is 1.68. The van der Waals surface area contributed by atoms with E-state index in [1.54, 1.807) is 34.7 Å². The summed E-state index contributed by atoms with van der Waals surface area (Å²) in [5, 5.41) is 6.90. The van der Waals surface area contributed by atoms with Gasteiger partial charge in [0.15, 0.2) is 15.8 Å². The second kappa shape index (κ2) is 8.81. The van der Waals surface area contributed by atoms with E-state index >= 15 is 0 Å². The number of ether oxygens (including phenoxy) is 1. The van der Waals surface area contributed by atoms with Gasteiger partial charge in [0.2, 0.25) is 0 Å². The molecule has 26 heavy (non-hydrogen) atoms. The van der Waals surface area contributed by atoms with Gasteiger partial charge in [-0.25, -0.2) is 18.2 Å². The fourth-order valence-corrected chi connectivity index (χ4v) is 3.18. The van der Waals surface area contributed by atoms with Gasteiger partial charge in [-0.1, -0.05) is 0 Å². The summed E-state index contributed by atoms with van der Waals surface area (Å²) in [5.41, 5.74) is 0.623. The predicted molar refractivity (Wildman–Crippen MR) is 105 cm³/mol. The van der Waals surface area contributed by atoms with Gasteiger partial charge in [0.05, 0.1) is 23.1 Å². The molecule has 0 amide bonds. The number of carbonyl (C=O) groups excluding carboxylic acids is 1. The molecule has 1 atom stereocenters. The Morgan fingerprint density at radius 2 is 2.04 bits per heavy atom. The van der Waals surface area contributed by atoms with E-state index in [1.165, 1.54) is 17.6 Å². The summed E-state index contributed by atoms with van der Waals surface area (Å²) in [6.45, 7) is 9.24. The van der Waals surface area contributed by atoms with Crippen LogP contribution in [0.1, 0.15) is 54.1 Å². The number of hydrogen-bond acceptors (Lipinski definition) is 7. The normalized spacial score (nSPS) is 14.0. The third-order valence-corrected chi connectivity index (χ3v) is 7.38. The lowest BCUT2D eigenvalue weighted by Crippen LogP contribution is -2.48. The van der Waals surface area contributed by atoms with Gasteiger partial charge in [-0.2, -0.15) is 0 Å². The van der Waals surface area contributed by atoms with Gasteiger partial charge >= 0.3 is 5.97 Å². The van der Waals surface area contributed by atoms with Crippen molar-refractivity contribution in [1.82, 2.24) is 15.6 Å². The maximum atomic E-state index is 11.9. The zero-order valence-corrected chi connectivity index (χ0v) is 18.0. The van der Waals surface area contributed by atoms with Crippen molar-refractivity contribution in [2.45, 2.75) is 45.4 Å². The topological polar surface area (TPSA) is 110 Å². The van der Waals surface area contributed by atoms with Crippen LogP contribution in [0.25, 0.3) is 0 Å². The Morgan fingerprint density at radius 1 is 1.42 bits per heavy atom. The van der Waals surface area contributed by atoms with Crippen LogP contribution in [0.4, 0.5) is 0 Å². The first-order valence-corrected chi connectivity index (χ1v) is 10.9. The van der Waals surface area contributed by atoms with Crippen LogP contribution in [0, 0.1) is 6.92 Å². The maximum Gasteiger partial charge on any atom is 0.350 e. The number of nitrogens with one attached hydrogen (secondary N) is 2. The molecule has 1 unspecified atom stereocenters. The summed E-state index contributed by atoms with van der Waals surface area (Å²) in [6.07, 6.45) is 1.21. The maximum absolute atomic E-state index is 11.9. The SMILES string of the molecule is CCOC(=O)c1sc(C(C)NC(=NC)NCC(C)(C)S(C)(=O)=O)nc1C. The first kappa shape index (κ1) is 22.4. The third-order valence-electron chi connectivity index (χ3n) is 3.91. The Balaban J connectivity index is 2.81. The first-order valence-electron chi connectivity index (χ1n) is 8.24. The molecule has 0 saturated carbocycles. The molecule has 0 aliphatic heterocycles. The lowest BCUT2D eigenvalue weighted by atomic mass is 10.2. The van der Waals surface area contributed by atoms with Crippen molar-refractivity contribution in [3.63, 3.8) is 0 Å². The van der Waals surface area contributed by atoms with Crippen LogP contribution >= 0.6 is 11.3 Å². The van der Waals surface area contributed by atoms with Crippen molar-refractivity contribution in [2.24, 2.45) is 4.99 Å². The Kier molecular flexibility index (Phi) is 7.57. The molecule has 0 fully saturated rings. The van der Waals surface area contributed by atoms with Crippen LogP contribution in [0.5, 0.6) is 0 Å². The van der Waals surface area contributed by atoms with E-state index in [4.69, 9.17) is 4.74 Å². The van der Waals surface area contributed by atoms with Gasteiger partial charge < -0.3 is 15.4 Å². The Labute approximate surface area is 159 Å². The standard InChI is InChI=1S/C16H28N4O4S2/c1-8-24-14(21)12-10(2)19-13(25-12)11(3)20-15(17-6)18-9-16(4,5)26(7,22)23/h11H,8-9H2,1-7H3,(H2,17,18,20). The van der Waals surface area contributed by atoms with Crippen LogP contribution in [0.15, 0.2) is 4.99 Å². The van der Waals surface area contributed by atoms with Crippen molar-refractivity contribution in [3.05, 3.63) is 15.6 Å². The number of esters is 1. The molecule has 0 radical (unpaired) electrons. The molecular formula is C16H28N4O4S2. The van der Waals surface area contributed by atoms with Crippen molar-refractivity contribution >= 4 is 33.1 Å². The number of guanidine groups is 1. The smallest absolute Gasteiger partial charge is 0.350 e. The third kappa shape index (κ3) is 5.66. The summed E-state index contributed by atoms with van der Waals surface area (Å²) in [7, 11) is -1.61. The monoisotopic (exact) mass is 404 g/mol. The second-order valence-corrected chi connectivity index (χ2v) is 10.2. The van der Waals surface area contributed by atoms with E-state index in [9.17, 15) is 13.2 Å². The minimum Gasteiger partial charge on any atom is -0.462 e. The van der Waals surface area contributed by atoms with Crippen molar-refractivity contribution in [3.8, 4) is 0 Å². The Hall–Kier alpha value is -1.68. The molecule has 2 N–H and O–H groups in total. The zero-order valence-electron chi connectivity index (χ0n) is 16.3. The van der Waals surface area contributed by atoms with Crippen LogP contribution in [0.2, 0.25) is 0 Å². The number of aromatic nitrogens is 1. The molecule has 8 nitrogen and oxygen atoms in total. The van der Waals surface area contributed by atoms with E-state index in [-0.39, 0.29) is 18.6 Å². The number of aryl methyl sites for hydroxylation is 1. The second-order valence-electron chi connectivity index (χ2n) is 6.51. The van der Waals surface area contributed by atoms with Gasteiger partial charge in [-0.3, -0.25) is 4.99 Å².